The van der Waals surface area contributed by atoms with E-state index in [1.165, 1.54) is 18.4 Å². The number of amides is 1. The van der Waals surface area contributed by atoms with Crippen LogP contribution in [0, 0.1) is 0 Å². The average Bonchev–Trinajstić information content (AvgIpc) is 2.46. The Labute approximate surface area is 138 Å². The molecule has 1 amide bonds. The third-order valence-electron chi connectivity index (χ3n) is 4.07. The Kier molecular flexibility index (Phi) is 6.68. The van der Waals surface area contributed by atoms with E-state index >= 15 is 0 Å². The maximum absolute atomic E-state index is 11.8. The molecule has 2 unspecified atom stereocenters. The van der Waals surface area contributed by atoms with Crippen molar-refractivity contribution >= 4 is 17.5 Å². The summed E-state index contributed by atoms with van der Waals surface area (Å²) in [6.45, 7) is 4.51. The maximum atomic E-state index is 11.8. The molecular formula is C17H26ClN3O. The summed E-state index contributed by atoms with van der Waals surface area (Å²) in [5.41, 5.74) is 6.89. The minimum Gasteiger partial charge on any atom is -0.354 e. The Bertz CT molecular complexity index is 493. The van der Waals surface area contributed by atoms with Gasteiger partial charge in [0.2, 0.25) is 5.91 Å². The van der Waals surface area contributed by atoms with E-state index in [-0.39, 0.29) is 11.9 Å². The number of piperidine rings is 1. The summed E-state index contributed by atoms with van der Waals surface area (Å²) >= 11 is 6.06. The van der Waals surface area contributed by atoms with Gasteiger partial charge in [-0.15, -0.1) is 0 Å². The van der Waals surface area contributed by atoms with Crippen molar-refractivity contribution < 1.29 is 4.79 Å². The highest BCUT2D eigenvalue weighted by atomic mass is 35.5. The number of halogens is 1. The van der Waals surface area contributed by atoms with E-state index in [9.17, 15) is 4.79 Å². The number of hydrogen-bond acceptors (Lipinski definition) is 3. The van der Waals surface area contributed by atoms with Crippen LogP contribution < -0.4 is 11.1 Å². The molecule has 1 aromatic carbocycles. The topological polar surface area (TPSA) is 58.4 Å². The Morgan fingerprint density at radius 3 is 3.05 bits per heavy atom. The molecule has 0 saturated carbocycles. The van der Waals surface area contributed by atoms with Gasteiger partial charge in [0.05, 0.1) is 0 Å². The lowest BCUT2D eigenvalue weighted by atomic mass is 10.0. The Morgan fingerprint density at radius 2 is 2.32 bits per heavy atom. The van der Waals surface area contributed by atoms with Gasteiger partial charge >= 0.3 is 0 Å². The number of nitrogens with zero attached hydrogens (tertiary/aromatic N) is 1. The molecule has 5 heteroatoms. The lowest BCUT2D eigenvalue weighted by molar-refractivity contribution is -0.121. The van der Waals surface area contributed by atoms with E-state index < -0.39 is 0 Å². The van der Waals surface area contributed by atoms with Gasteiger partial charge < -0.3 is 11.1 Å². The normalized spacial score (nSPS) is 20.6. The summed E-state index contributed by atoms with van der Waals surface area (Å²) in [7, 11) is 0. The molecule has 2 atom stereocenters. The number of hydrogen-bond donors (Lipinski definition) is 2. The molecule has 1 saturated heterocycles. The number of carbonyl (C=O) groups is 1. The highest BCUT2D eigenvalue weighted by Crippen LogP contribution is 2.20. The molecular weight excluding hydrogens is 298 g/mol. The predicted molar refractivity (Wildman–Crippen MR) is 90.8 cm³/mol. The zero-order chi connectivity index (χ0) is 15.9. The van der Waals surface area contributed by atoms with Crippen molar-refractivity contribution in [2.45, 2.75) is 51.2 Å². The number of benzene rings is 1. The molecule has 122 valence electrons. The van der Waals surface area contributed by atoms with Crippen molar-refractivity contribution in [3.63, 3.8) is 0 Å². The number of carbonyl (C=O) groups excluding carboxylic acids is 1. The highest BCUT2D eigenvalue weighted by molar-refractivity contribution is 6.30. The third kappa shape index (κ3) is 5.59. The molecule has 1 fully saturated rings. The van der Waals surface area contributed by atoms with E-state index in [1.807, 2.05) is 25.1 Å². The fourth-order valence-corrected chi connectivity index (χ4v) is 3.18. The van der Waals surface area contributed by atoms with Gasteiger partial charge in [-0.05, 0) is 44.0 Å². The molecule has 0 aliphatic carbocycles. The number of nitrogens with one attached hydrogen (secondary N) is 1. The third-order valence-corrected chi connectivity index (χ3v) is 4.30. The summed E-state index contributed by atoms with van der Waals surface area (Å²) in [5, 5.41) is 3.80. The Hall–Kier alpha value is -1.10. The second-order valence-electron chi connectivity index (χ2n) is 6.24. The van der Waals surface area contributed by atoms with Gasteiger partial charge in [0.25, 0.3) is 0 Å². The van der Waals surface area contributed by atoms with Crippen LogP contribution in [0.1, 0.15) is 38.2 Å². The minimum absolute atomic E-state index is 0.0447. The van der Waals surface area contributed by atoms with Crippen LogP contribution in [0.3, 0.4) is 0 Å². The van der Waals surface area contributed by atoms with Crippen molar-refractivity contribution in [3.8, 4) is 0 Å². The molecule has 22 heavy (non-hydrogen) atoms. The minimum atomic E-state index is -0.0890. The first-order chi connectivity index (χ1) is 10.5. The Morgan fingerprint density at radius 1 is 1.50 bits per heavy atom. The number of rotatable bonds is 6. The molecule has 0 spiro atoms. The number of likely N-dealkylation sites (tertiary alicyclic amines) is 1. The fourth-order valence-electron chi connectivity index (χ4n) is 2.97. The van der Waals surface area contributed by atoms with Gasteiger partial charge in [0.15, 0.2) is 0 Å². The van der Waals surface area contributed by atoms with Crippen LogP contribution >= 0.6 is 11.6 Å². The predicted octanol–water partition coefficient (Wildman–Crippen LogP) is 2.55. The van der Waals surface area contributed by atoms with Crippen LogP contribution in [-0.4, -0.2) is 36.0 Å². The van der Waals surface area contributed by atoms with Gasteiger partial charge in [-0.1, -0.05) is 30.2 Å². The zero-order valence-electron chi connectivity index (χ0n) is 13.2. The van der Waals surface area contributed by atoms with Crippen molar-refractivity contribution in [3.05, 3.63) is 34.9 Å². The van der Waals surface area contributed by atoms with Crippen LogP contribution in [0.2, 0.25) is 5.02 Å². The zero-order valence-corrected chi connectivity index (χ0v) is 14.0. The Balaban J connectivity index is 1.89. The lowest BCUT2D eigenvalue weighted by Gasteiger charge is -2.36. The first-order valence-electron chi connectivity index (χ1n) is 8.05. The lowest BCUT2D eigenvalue weighted by Crippen LogP contribution is -2.46. The summed E-state index contributed by atoms with van der Waals surface area (Å²) in [6.07, 6.45) is 3.95. The van der Waals surface area contributed by atoms with Crippen LogP contribution in [0.15, 0.2) is 24.3 Å². The highest BCUT2D eigenvalue weighted by Gasteiger charge is 2.23. The molecule has 1 aliphatic rings. The molecule has 4 nitrogen and oxygen atoms in total. The molecule has 3 N–H and O–H groups in total. The molecule has 1 heterocycles. The summed E-state index contributed by atoms with van der Waals surface area (Å²) in [6, 6.07) is 8.31. The van der Waals surface area contributed by atoms with Gasteiger partial charge in [0, 0.05) is 36.6 Å². The molecule has 1 aromatic rings. The largest absolute Gasteiger partial charge is 0.354 e. The standard InChI is InChI=1S/C17H26ClN3O/c1-13(19)9-17(22)20-11-16-7-2-3-8-21(16)12-14-5-4-6-15(18)10-14/h4-6,10,13,16H,2-3,7-9,11-12,19H2,1H3,(H,20,22). The van der Waals surface area contributed by atoms with E-state index in [4.69, 9.17) is 17.3 Å². The SMILES string of the molecule is CC(N)CC(=O)NCC1CCCCN1Cc1cccc(Cl)c1. The maximum Gasteiger partial charge on any atom is 0.221 e. The van der Waals surface area contributed by atoms with Crippen molar-refractivity contribution in [2.75, 3.05) is 13.1 Å². The summed E-state index contributed by atoms with van der Waals surface area (Å²) < 4.78 is 0. The molecule has 1 aliphatic heterocycles. The van der Waals surface area contributed by atoms with E-state index in [1.54, 1.807) is 0 Å². The summed E-state index contributed by atoms with van der Waals surface area (Å²) in [5.74, 6) is 0.0447. The quantitative estimate of drug-likeness (QED) is 0.846. The second kappa shape index (κ2) is 8.51. The first kappa shape index (κ1) is 17.3. The van der Waals surface area contributed by atoms with Crippen molar-refractivity contribution in [1.82, 2.24) is 10.2 Å². The van der Waals surface area contributed by atoms with Crippen LogP contribution in [-0.2, 0) is 11.3 Å². The smallest absolute Gasteiger partial charge is 0.221 e. The van der Waals surface area contributed by atoms with E-state index in [2.05, 4.69) is 16.3 Å². The van der Waals surface area contributed by atoms with Crippen molar-refractivity contribution in [2.24, 2.45) is 5.73 Å². The van der Waals surface area contributed by atoms with E-state index in [0.717, 1.165) is 24.5 Å². The molecule has 0 bridgehead atoms. The van der Waals surface area contributed by atoms with Gasteiger partial charge in [0.1, 0.15) is 0 Å². The second-order valence-corrected chi connectivity index (χ2v) is 6.67. The molecule has 0 radical (unpaired) electrons. The molecule has 2 rings (SSSR count). The monoisotopic (exact) mass is 323 g/mol. The van der Waals surface area contributed by atoms with Crippen LogP contribution in [0.5, 0.6) is 0 Å². The van der Waals surface area contributed by atoms with E-state index in [0.29, 0.717) is 19.0 Å². The van der Waals surface area contributed by atoms with Gasteiger partial charge in [-0.2, -0.15) is 0 Å². The fraction of sp³-hybridized carbons (Fsp3) is 0.588. The van der Waals surface area contributed by atoms with Gasteiger partial charge in [-0.3, -0.25) is 9.69 Å². The van der Waals surface area contributed by atoms with Crippen molar-refractivity contribution in [1.29, 1.82) is 0 Å². The van der Waals surface area contributed by atoms with Gasteiger partial charge in [-0.25, -0.2) is 0 Å². The average molecular weight is 324 g/mol. The first-order valence-corrected chi connectivity index (χ1v) is 8.43. The van der Waals surface area contributed by atoms with Crippen LogP contribution in [0.4, 0.5) is 0 Å². The van der Waals surface area contributed by atoms with Crippen LogP contribution in [0.25, 0.3) is 0 Å². The molecule has 0 aromatic heterocycles. The summed E-state index contributed by atoms with van der Waals surface area (Å²) in [4.78, 5) is 14.2. The number of nitrogens with two attached hydrogens (primary N) is 1.